The molecule has 2 unspecified atom stereocenters. The van der Waals surface area contributed by atoms with Crippen molar-refractivity contribution in [3.63, 3.8) is 0 Å². The van der Waals surface area contributed by atoms with Crippen molar-refractivity contribution in [2.75, 3.05) is 0 Å². The number of carbonyl (C=O) groups excluding carboxylic acids is 2. The highest BCUT2D eigenvalue weighted by Crippen LogP contribution is 2.59. The van der Waals surface area contributed by atoms with E-state index in [0.29, 0.717) is 11.1 Å². The molecule has 2 fully saturated rings. The summed E-state index contributed by atoms with van der Waals surface area (Å²) in [4.78, 5) is 44.0. The summed E-state index contributed by atoms with van der Waals surface area (Å²) in [6, 6.07) is 0. The Kier molecular flexibility index (Phi) is 10.8. The summed E-state index contributed by atoms with van der Waals surface area (Å²) in [5, 5.41) is 3.96. The molecule has 2 atom stereocenters. The zero-order chi connectivity index (χ0) is 40.0. The average Bonchev–Trinajstić information content (AvgIpc) is 3.52. The highest BCUT2D eigenvalue weighted by atomic mass is 16.7. The number of hydrogen-bond donors (Lipinski definition) is 0. The maximum Gasteiger partial charge on any atom is 0.353 e. The van der Waals surface area contributed by atoms with E-state index in [0.717, 1.165) is 60.8 Å². The van der Waals surface area contributed by atoms with E-state index in [4.69, 9.17) is 9.68 Å². The van der Waals surface area contributed by atoms with Crippen molar-refractivity contribution in [2.24, 2.45) is 33.5 Å². The topological polar surface area (TPSA) is 59.1 Å². The van der Waals surface area contributed by atoms with Gasteiger partial charge in [-0.05, 0) is 127 Å². The molecule has 0 aromatic carbocycles. The third kappa shape index (κ3) is 8.09. The van der Waals surface area contributed by atoms with E-state index in [-0.39, 0.29) is 55.8 Å². The second-order valence-electron chi connectivity index (χ2n) is 23.1. The Labute approximate surface area is 318 Å². The number of carbonyl (C=O) groups is 2. The van der Waals surface area contributed by atoms with Crippen LogP contribution in [0.25, 0.3) is 0 Å². The van der Waals surface area contributed by atoms with E-state index in [2.05, 4.69) is 151 Å². The Bertz CT molecular complexity index is 1420. The van der Waals surface area contributed by atoms with Crippen LogP contribution in [-0.2, 0) is 19.3 Å². The van der Waals surface area contributed by atoms with Crippen molar-refractivity contribution >= 4 is 11.9 Å². The van der Waals surface area contributed by atoms with Gasteiger partial charge in [0.2, 0.25) is 0 Å². The van der Waals surface area contributed by atoms with Gasteiger partial charge in [-0.1, -0.05) is 106 Å². The van der Waals surface area contributed by atoms with Gasteiger partial charge in [-0.2, -0.15) is 0 Å². The number of hydrogen-bond acceptors (Lipinski definition) is 6. The fourth-order valence-corrected chi connectivity index (χ4v) is 9.78. The molecule has 0 radical (unpaired) electrons. The fraction of sp³-hybridized carbons (Fsp3) is 0.783. The monoisotopic (exact) mass is 721 g/mol. The van der Waals surface area contributed by atoms with Gasteiger partial charge in [0.15, 0.2) is 0 Å². The molecule has 4 rings (SSSR count). The normalized spacial score (nSPS) is 27.1. The summed E-state index contributed by atoms with van der Waals surface area (Å²) in [7, 11) is 0. The lowest BCUT2D eigenvalue weighted by Crippen LogP contribution is -2.59. The number of rotatable bonds is 5. The van der Waals surface area contributed by atoms with Crippen LogP contribution in [0.5, 0.6) is 0 Å². The van der Waals surface area contributed by atoms with Gasteiger partial charge in [0.05, 0.1) is 33.3 Å². The lowest BCUT2D eigenvalue weighted by molar-refractivity contribution is -0.263. The number of hydroxylamine groups is 4. The van der Waals surface area contributed by atoms with Gasteiger partial charge in [-0.15, -0.1) is 10.1 Å². The van der Waals surface area contributed by atoms with Gasteiger partial charge < -0.3 is 9.68 Å². The Morgan fingerprint density at radius 1 is 0.500 bits per heavy atom. The van der Waals surface area contributed by atoms with Crippen molar-refractivity contribution in [1.82, 2.24) is 10.1 Å². The van der Waals surface area contributed by atoms with E-state index in [1.807, 2.05) is 10.1 Å². The minimum absolute atomic E-state index is 0.299. The Hall–Kier alpha value is -2.18. The molecule has 0 saturated carbocycles. The molecule has 0 aromatic heterocycles. The predicted octanol–water partition coefficient (Wildman–Crippen LogP) is 11.9. The summed E-state index contributed by atoms with van der Waals surface area (Å²) in [5.74, 6) is -1.44. The minimum atomic E-state index is -0.409. The van der Waals surface area contributed by atoms with Crippen molar-refractivity contribution in [2.45, 2.75) is 199 Å². The fourth-order valence-electron chi connectivity index (χ4n) is 9.78. The SMILES string of the molecule is CC(C)(C)C1=CC(C(C)(C)C)=C(C(=O)ON2C(C)(C)CCCC2(C)C)C1C1C(C(C)(C)C)=CC(C(C)(C)C)=C1C(=O)ON1C(C)(C)CCCC1(C)C. The van der Waals surface area contributed by atoms with Gasteiger partial charge in [0.1, 0.15) is 0 Å². The van der Waals surface area contributed by atoms with Crippen molar-refractivity contribution in [1.29, 1.82) is 0 Å². The highest BCUT2D eigenvalue weighted by Gasteiger charge is 2.55. The van der Waals surface area contributed by atoms with Crippen LogP contribution in [0.2, 0.25) is 0 Å². The van der Waals surface area contributed by atoms with E-state index in [1.165, 1.54) is 0 Å². The Morgan fingerprint density at radius 2 is 0.750 bits per heavy atom. The second-order valence-corrected chi connectivity index (χ2v) is 23.1. The van der Waals surface area contributed by atoms with Crippen LogP contribution >= 0.6 is 0 Å². The van der Waals surface area contributed by atoms with Gasteiger partial charge in [-0.25, -0.2) is 9.59 Å². The predicted molar refractivity (Wildman–Crippen MR) is 215 cm³/mol. The average molecular weight is 721 g/mol. The Balaban J connectivity index is 2.02. The molecule has 2 saturated heterocycles. The smallest absolute Gasteiger partial charge is 0.353 e. The summed E-state index contributed by atoms with van der Waals surface area (Å²) in [6.07, 6.45) is 10.5. The zero-order valence-corrected chi connectivity index (χ0v) is 37.1. The molecular weight excluding hydrogens is 645 g/mol. The molecule has 2 aliphatic heterocycles. The van der Waals surface area contributed by atoms with E-state index < -0.39 is 11.8 Å². The molecule has 4 aliphatic rings. The molecule has 294 valence electrons. The van der Waals surface area contributed by atoms with Crippen LogP contribution in [0, 0.1) is 33.5 Å². The number of piperidine rings is 2. The van der Waals surface area contributed by atoms with Gasteiger partial charge >= 0.3 is 11.9 Å². The first-order valence-corrected chi connectivity index (χ1v) is 20.1. The maximum atomic E-state index is 15.3. The quantitative estimate of drug-likeness (QED) is 0.282. The van der Waals surface area contributed by atoms with Gasteiger partial charge in [0, 0.05) is 11.8 Å². The highest BCUT2D eigenvalue weighted by molar-refractivity contribution is 5.97. The van der Waals surface area contributed by atoms with Crippen molar-refractivity contribution in [3.05, 3.63) is 45.6 Å². The lowest BCUT2D eigenvalue weighted by Gasteiger charge is -2.51. The van der Waals surface area contributed by atoms with E-state index in [9.17, 15) is 0 Å². The molecule has 2 aliphatic carbocycles. The molecule has 52 heavy (non-hydrogen) atoms. The second kappa shape index (κ2) is 13.2. The zero-order valence-electron chi connectivity index (χ0n) is 37.1. The minimum Gasteiger partial charge on any atom is -0.363 e. The van der Waals surface area contributed by atoms with Crippen molar-refractivity contribution < 1.29 is 19.3 Å². The van der Waals surface area contributed by atoms with Gasteiger partial charge in [-0.3, -0.25) is 0 Å². The standard InChI is InChI=1S/C46H76N2O4/c1-39(2,3)29-27-31(41(7,8)9)35(37(49)51-47-43(13,14)23-21-24-44(47,15)16)33(29)34-30(40(4,5)6)28-32(42(10,11)12)36(34)38(50)52-48-45(17,18)25-22-26-46(48,19)20/h27-28,33-34H,21-26H2,1-20H3. The third-order valence-corrected chi connectivity index (χ3v) is 12.3. The first-order chi connectivity index (χ1) is 23.1. The summed E-state index contributed by atoms with van der Waals surface area (Å²) in [6.45, 7) is 43.9. The molecule has 6 heteroatoms. The van der Waals surface area contributed by atoms with Crippen LogP contribution in [0.4, 0.5) is 0 Å². The molecule has 0 N–H and O–H groups in total. The van der Waals surface area contributed by atoms with E-state index >= 15 is 9.59 Å². The molecular formula is C46H76N2O4. The first-order valence-electron chi connectivity index (χ1n) is 20.1. The van der Waals surface area contributed by atoms with Crippen LogP contribution in [0.1, 0.15) is 177 Å². The molecule has 0 aromatic rings. The third-order valence-electron chi connectivity index (χ3n) is 12.3. The number of nitrogens with zero attached hydrogens (tertiary/aromatic N) is 2. The summed E-state index contributed by atoms with van der Waals surface area (Å²) in [5.41, 5.74) is 3.06. The molecule has 0 bridgehead atoms. The van der Waals surface area contributed by atoms with Crippen LogP contribution in [0.3, 0.4) is 0 Å². The van der Waals surface area contributed by atoms with Crippen LogP contribution in [0.15, 0.2) is 45.6 Å². The first kappa shape index (κ1) is 42.6. The Morgan fingerprint density at radius 3 is 0.962 bits per heavy atom. The van der Waals surface area contributed by atoms with E-state index in [1.54, 1.807) is 0 Å². The summed E-state index contributed by atoms with van der Waals surface area (Å²) < 4.78 is 0. The molecule has 0 amide bonds. The van der Waals surface area contributed by atoms with Crippen LogP contribution in [-0.4, -0.2) is 44.2 Å². The molecule has 2 heterocycles. The number of allylic oxidation sites excluding steroid dienone is 6. The molecule has 6 nitrogen and oxygen atoms in total. The van der Waals surface area contributed by atoms with Crippen LogP contribution < -0.4 is 0 Å². The summed E-state index contributed by atoms with van der Waals surface area (Å²) >= 11 is 0. The maximum absolute atomic E-state index is 15.3. The van der Waals surface area contributed by atoms with Crippen molar-refractivity contribution in [3.8, 4) is 0 Å². The molecule has 0 spiro atoms. The lowest BCUT2D eigenvalue weighted by atomic mass is 9.65. The van der Waals surface area contributed by atoms with Gasteiger partial charge in [0.25, 0.3) is 0 Å². The largest absolute Gasteiger partial charge is 0.363 e.